The quantitative estimate of drug-likeness (QED) is 0.577. The minimum Gasteiger partial charge on any atom is -0.385 e. The Morgan fingerprint density at radius 3 is 2.06 bits per heavy atom. The first-order valence-electron chi connectivity index (χ1n) is 5.68. The van der Waals surface area contributed by atoms with Crippen LogP contribution < -0.4 is 11.1 Å². The molecule has 0 radical (unpaired) electrons. The van der Waals surface area contributed by atoms with E-state index in [9.17, 15) is 0 Å². The average Bonchev–Trinajstić information content (AvgIpc) is 2.12. The van der Waals surface area contributed by atoms with Crippen molar-refractivity contribution < 1.29 is 0 Å². The van der Waals surface area contributed by atoms with Crippen molar-refractivity contribution in [2.45, 2.75) is 45.6 Å². The second-order valence-corrected chi connectivity index (χ2v) is 8.35. The van der Waals surface area contributed by atoms with Gasteiger partial charge in [0, 0.05) is 17.0 Å². The summed E-state index contributed by atoms with van der Waals surface area (Å²) in [7, 11) is 0. The molecule has 0 atom stereocenters. The van der Waals surface area contributed by atoms with Crippen LogP contribution in [0, 0.1) is 0 Å². The number of thioether (sulfide) groups is 2. The summed E-state index contributed by atoms with van der Waals surface area (Å²) in [6.45, 7) is 6.35. The van der Waals surface area contributed by atoms with E-state index < -0.39 is 0 Å². The van der Waals surface area contributed by atoms with E-state index in [1.165, 1.54) is 19.3 Å². The Morgan fingerprint density at radius 2 is 1.59 bits per heavy atom. The Labute approximate surface area is 124 Å². The zero-order valence-electron chi connectivity index (χ0n) is 10.7. The van der Waals surface area contributed by atoms with Crippen molar-refractivity contribution >= 4 is 56.6 Å². The van der Waals surface area contributed by atoms with Gasteiger partial charge in [-0.15, -0.1) is 0 Å². The Hall–Kier alpha value is 0.480. The smallest absolute Gasteiger partial charge is 0.134 e. The van der Waals surface area contributed by atoms with E-state index in [1.807, 2.05) is 0 Å². The average molecular weight is 311 g/mol. The molecule has 2 nitrogen and oxygen atoms in total. The largest absolute Gasteiger partial charge is 0.385 e. The molecule has 0 amide bonds. The van der Waals surface area contributed by atoms with Crippen LogP contribution in [-0.4, -0.2) is 25.7 Å². The van der Waals surface area contributed by atoms with Crippen LogP contribution in [0.2, 0.25) is 0 Å². The lowest BCUT2D eigenvalue weighted by Crippen LogP contribution is -2.38. The third-order valence-electron chi connectivity index (χ3n) is 1.74. The topological polar surface area (TPSA) is 38.0 Å². The molecule has 0 aromatic rings. The second kappa shape index (κ2) is 9.42. The minimum atomic E-state index is 0.0670. The number of hydrogen-bond acceptors (Lipinski definition) is 4. The molecule has 17 heavy (non-hydrogen) atoms. The lowest BCUT2D eigenvalue weighted by Gasteiger charge is -2.21. The first-order valence-corrected chi connectivity index (χ1v) is 8.47. The van der Waals surface area contributed by atoms with Gasteiger partial charge in [-0.25, -0.2) is 0 Å². The third kappa shape index (κ3) is 14.4. The number of rotatable bonds is 6. The molecule has 0 unspecified atom stereocenters. The molecule has 0 saturated carbocycles. The fraction of sp³-hybridized carbons (Fsp3) is 0.818. The van der Waals surface area contributed by atoms with Crippen LogP contribution in [0.5, 0.6) is 0 Å². The molecule has 0 spiro atoms. The van der Waals surface area contributed by atoms with Gasteiger partial charge in [-0.3, -0.25) is 0 Å². The maximum atomic E-state index is 5.40. The Balaban J connectivity index is 3.34. The lowest BCUT2D eigenvalue weighted by atomic mass is 10.1. The molecule has 100 valence electrons. The van der Waals surface area contributed by atoms with Gasteiger partial charge in [-0.05, 0) is 33.6 Å². The SMILES string of the molecule is CC(C)(C)NC(=S)SCCCCCSC(N)=S. The summed E-state index contributed by atoms with van der Waals surface area (Å²) in [5, 5.41) is 3.29. The monoisotopic (exact) mass is 310 g/mol. The van der Waals surface area contributed by atoms with E-state index in [0.717, 1.165) is 15.8 Å². The molecule has 0 rings (SSSR count). The van der Waals surface area contributed by atoms with Gasteiger partial charge in [0.1, 0.15) is 8.64 Å². The summed E-state index contributed by atoms with van der Waals surface area (Å²) < 4.78 is 1.45. The number of nitrogens with one attached hydrogen (secondary N) is 1. The molecule has 6 heteroatoms. The van der Waals surface area contributed by atoms with Crippen LogP contribution >= 0.6 is 48.0 Å². The predicted octanol–water partition coefficient (Wildman–Crippen LogP) is 3.54. The van der Waals surface area contributed by atoms with Gasteiger partial charge in [0.05, 0.1) is 0 Å². The van der Waals surface area contributed by atoms with E-state index in [4.69, 9.17) is 30.2 Å². The van der Waals surface area contributed by atoms with Crippen molar-refractivity contribution in [2.75, 3.05) is 11.5 Å². The van der Waals surface area contributed by atoms with Gasteiger partial charge in [0.15, 0.2) is 0 Å². The molecule has 0 fully saturated rings. The Kier molecular flexibility index (Phi) is 9.68. The molecule has 0 bridgehead atoms. The van der Waals surface area contributed by atoms with E-state index >= 15 is 0 Å². The van der Waals surface area contributed by atoms with Crippen molar-refractivity contribution in [1.82, 2.24) is 5.32 Å². The fourth-order valence-electron chi connectivity index (χ4n) is 1.06. The van der Waals surface area contributed by atoms with Crippen molar-refractivity contribution in [1.29, 1.82) is 0 Å². The van der Waals surface area contributed by atoms with Gasteiger partial charge in [0.25, 0.3) is 0 Å². The summed E-state index contributed by atoms with van der Waals surface area (Å²) in [6, 6.07) is 0. The highest BCUT2D eigenvalue weighted by molar-refractivity contribution is 8.23. The van der Waals surface area contributed by atoms with Crippen LogP contribution in [0.1, 0.15) is 40.0 Å². The van der Waals surface area contributed by atoms with Gasteiger partial charge < -0.3 is 11.1 Å². The summed E-state index contributed by atoms with van der Waals surface area (Å²) in [4.78, 5) is 0. The number of thiocarbonyl (C=S) groups is 2. The van der Waals surface area contributed by atoms with Crippen molar-refractivity contribution in [2.24, 2.45) is 5.73 Å². The first-order chi connectivity index (χ1) is 7.81. The molecule has 0 aromatic carbocycles. The molecule has 0 aromatic heterocycles. The Bertz CT molecular complexity index is 248. The summed E-state index contributed by atoms with van der Waals surface area (Å²) in [5.41, 5.74) is 5.46. The van der Waals surface area contributed by atoms with E-state index in [1.54, 1.807) is 23.5 Å². The van der Waals surface area contributed by atoms with Gasteiger partial charge in [-0.2, -0.15) is 0 Å². The van der Waals surface area contributed by atoms with Crippen molar-refractivity contribution in [3.8, 4) is 0 Å². The van der Waals surface area contributed by atoms with Crippen LogP contribution in [-0.2, 0) is 0 Å². The highest BCUT2D eigenvalue weighted by Crippen LogP contribution is 2.12. The third-order valence-corrected chi connectivity index (χ3v) is 4.19. The molecule has 0 aliphatic rings. The molecular weight excluding hydrogens is 288 g/mol. The normalized spacial score (nSPS) is 11.2. The summed E-state index contributed by atoms with van der Waals surface area (Å²) in [6.07, 6.45) is 3.57. The van der Waals surface area contributed by atoms with Crippen molar-refractivity contribution in [3.05, 3.63) is 0 Å². The van der Waals surface area contributed by atoms with Gasteiger partial charge in [0.2, 0.25) is 0 Å². The summed E-state index contributed by atoms with van der Waals surface area (Å²) >= 11 is 13.3. The zero-order valence-corrected chi connectivity index (χ0v) is 14.0. The van der Waals surface area contributed by atoms with E-state index in [0.29, 0.717) is 4.32 Å². The molecule has 0 saturated heterocycles. The van der Waals surface area contributed by atoms with Gasteiger partial charge in [-0.1, -0.05) is 54.4 Å². The fourth-order valence-corrected chi connectivity index (χ4v) is 3.33. The molecule has 0 heterocycles. The first kappa shape index (κ1) is 17.5. The lowest BCUT2D eigenvalue weighted by molar-refractivity contribution is 0.519. The van der Waals surface area contributed by atoms with E-state index in [-0.39, 0.29) is 5.54 Å². The molecule has 0 aliphatic carbocycles. The maximum Gasteiger partial charge on any atom is 0.134 e. The second-order valence-electron chi connectivity index (χ2n) is 4.74. The van der Waals surface area contributed by atoms with Crippen LogP contribution in [0.4, 0.5) is 0 Å². The number of nitrogens with two attached hydrogens (primary N) is 1. The van der Waals surface area contributed by atoms with Crippen LogP contribution in [0.15, 0.2) is 0 Å². The molecule has 3 N–H and O–H groups in total. The highest BCUT2D eigenvalue weighted by atomic mass is 32.2. The maximum absolute atomic E-state index is 5.40. The minimum absolute atomic E-state index is 0.0670. The molecular formula is C11H22N2S4. The highest BCUT2D eigenvalue weighted by Gasteiger charge is 2.10. The van der Waals surface area contributed by atoms with Crippen LogP contribution in [0.25, 0.3) is 0 Å². The number of hydrogen-bond donors (Lipinski definition) is 2. The zero-order chi connectivity index (χ0) is 13.3. The Morgan fingerprint density at radius 1 is 1.06 bits per heavy atom. The molecule has 0 aliphatic heterocycles. The summed E-state index contributed by atoms with van der Waals surface area (Å²) in [5.74, 6) is 2.12. The standard InChI is InChI=1S/C11H22N2S4/c1-11(2,3)13-10(15)17-8-6-4-5-7-16-9(12)14/h4-8H2,1-3H3,(H2,12,14)(H,13,15). The number of unbranched alkanes of at least 4 members (excludes halogenated alkanes) is 2. The van der Waals surface area contributed by atoms with Gasteiger partial charge >= 0.3 is 0 Å². The predicted molar refractivity (Wildman–Crippen MR) is 91.0 cm³/mol. The van der Waals surface area contributed by atoms with Crippen LogP contribution in [0.3, 0.4) is 0 Å². The van der Waals surface area contributed by atoms with Crippen molar-refractivity contribution in [3.63, 3.8) is 0 Å². The van der Waals surface area contributed by atoms with E-state index in [2.05, 4.69) is 26.1 Å².